The molecule has 2 aromatic carbocycles. The molecule has 0 unspecified atom stereocenters. The average molecular weight is 489 g/mol. The second kappa shape index (κ2) is 7.79. The first-order valence-corrected chi connectivity index (χ1v) is 12.5. The van der Waals surface area contributed by atoms with Crippen molar-refractivity contribution in [2.24, 2.45) is 16.7 Å². The number of ketones is 3. The van der Waals surface area contributed by atoms with Gasteiger partial charge in [-0.3, -0.25) is 14.4 Å². The van der Waals surface area contributed by atoms with Crippen LogP contribution < -0.4 is 9.47 Å². The second-order valence-corrected chi connectivity index (χ2v) is 11.5. The average Bonchev–Trinajstić information content (AvgIpc) is 2.84. The van der Waals surface area contributed by atoms with E-state index < -0.39 is 22.9 Å². The maximum absolute atomic E-state index is 13.9. The molecule has 2 atom stereocenters. The Morgan fingerprint density at radius 1 is 0.972 bits per heavy atom. The zero-order valence-electron chi connectivity index (χ0n) is 21.8. The first-order chi connectivity index (χ1) is 16.8. The molecular formula is C30H32O6. The number of fused-ring (bicyclic) bond motifs is 3. The van der Waals surface area contributed by atoms with Crippen molar-refractivity contribution in [1.29, 1.82) is 0 Å². The molecule has 0 radical (unpaired) electrons. The number of allylic oxidation sites excluding steroid dienone is 2. The number of phenolic OH excluding ortho intramolecular Hbond substituents is 1. The first kappa shape index (κ1) is 24.3. The quantitative estimate of drug-likeness (QED) is 0.522. The van der Waals surface area contributed by atoms with E-state index in [4.69, 9.17) is 9.47 Å². The summed E-state index contributed by atoms with van der Waals surface area (Å²) in [4.78, 5) is 40.7. The number of Topliss-reactive ketones (excluding diaryl/α,β-unsaturated/α-hetero) is 3. The highest BCUT2D eigenvalue weighted by Crippen LogP contribution is 2.60. The maximum Gasteiger partial charge on any atom is 0.175 e. The van der Waals surface area contributed by atoms with E-state index in [1.165, 1.54) is 0 Å². The fraction of sp³-hybridized carbons (Fsp3) is 0.433. The van der Waals surface area contributed by atoms with Gasteiger partial charge in [0.15, 0.2) is 17.3 Å². The molecule has 1 aliphatic carbocycles. The Balaban J connectivity index is 1.80. The van der Waals surface area contributed by atoms with Crippen molar-refractivity contribution in [1.82, 2.24) is 0 Å². The monoisotopic (exact) mass is 488 g/mol. The van der Waals surface area contributed by atoms with Crippen LogP contribution in [0.4, 0.5) is 0 Å². The van der Waals surface area contributed by atoms with E-state index >= 15 is 0 Å². The Kier molecular flexibility index (Phi) is 5.26. The fourth-order valence-electron chi connectivity index (χ4n) is 6.09. The molecule has 6 nitrogen and oxygen atoms in total. The highest BCUT2D eigenvalue weighted by Gasteiger charge is 2.58. The van der Waals surface area contributed by atoms with Crippen molar-refractivity contribution in [3.05, 3.63) is 63.9 Å². The summed E-state index contributed by atoms with van der Waals surface area (Å²) in [6.45, 7) is 12.6. The Labute approximate surface area is 211 Å². The van der Waals surface area contributed by atoms with Gasteiger partial charge in [-0.05, 0) is 46.1 Å². The summed E-state index contributed by atoms with van der Waals surface area (Å²) >= 11 is 0. The van der Waals surface area contributed by atoms with Gasteiger partial charge in [0.05, 0.1) is 17.3 Å². The van der Waals surface area contributed by atoms with Gasteiger partial charge in [0.1, 0.15) is 34.7 Å². The lowest BCUT2D eigenvalue weighted by Crippen LogP contribution is -2.52. The van der Waals surface area contributed by atoms with Crippen LogP contribution in [0.2, 0.25) is 0 Å². The number of rotatable bonds is 2. The first-order valence-electron chi connectivity index (χ1n) is 12.5. The van der Waals surface area contributed by atoms with Crippen molar-refractivity contribution in [3.8, 4) is 17.2 Å². The minimum Gasteiger partial charge on any atom is -0.507 e. The van der Waals surface area contributed by atoms with Gasteiger partial charge < -0.3 is 14.6 Å². The number of carbonyl (C=O) groups excluding carboxylic acids is 3. The minimum atomic E-state index is -1.22. The summed E-state index contributed by atoms with van der Waals surface area (Å²) < 4.78 is 12.9. The van der Waals surface area contributed by atoms with Gasteiger partial charge in [0.2, 0.25) is 0 Å². The highest BCUT2D eigenvalue weighted by molar-refractivity contribution is 6.20. The Hall–Kier alpha value is -3.41. The lowest BCUT2D eigenvalue weighted by molar-refractivity contribution is -0.144. The second-order valence-electron chi connectivity index (χ2n) is 11.5. The third kappa shape index (κ3) is 3.12. The predicted molar refractivity (Wildman–Crippen MR) is 134 cm³/mol. The summed E-state index contributed by atoms with van der Waals surface area (Å²) in [5.41, 5.74) is 0.176. The number of ether oxygens (including phenoxy) is 2. The number of benzene rings is 2. The van der Waals surface area contributed by atoms with E-state index in [0.29, 0.717) is 28.2 Å². The van der Waals surface area contributed by atoms with Gasteiger partial charge in [-0.25, -0.2) is 0 Å². The molecule has 3 aliphatic rings. The summed E-state index contributed by atoms with van der Waals surface area (Å²) in [6, 6.07) is 9.48. The van der Waals surface area contributed by atoms with Crippen molar-refractivity contribution >= 4 is 17.3 Å². The van der Waals surface area contributed by atoms with Gasteiger partial charge in [0, 0.05) is 22.6 Å². The molecule has 0 aromatic heterocycles. The predicted octanol–water partition coefficient (Wildman–Crippen LogP) is 6.00. The van der Waals surface area contributed by atoms with Gasteiger partial charge >= 0.3 is 0 Å². The van der Waals surface area contributed by atoms with Crippen LogP contribution in [0.15, 0.2) is 41.7 Å². The van der Waals surface area contributed by atoms with Gasteiger partial charge in [-0.1, -0.05) is 44.2 Å². The lowest BCUT2D eigenvalue weighted by atomic mass is 9.59. The van der Waals surface area contributed by atoms with Crippen LogP contribution in [0.3, 0.4) is 0 Å². The number of hydrogen-bond donors (Lipinski definition) is 1. The molecule has 2 heterocycles. The Morgan fingerprint density at radius 3 is 2.22 bits per heavy atom. The van der Waals surface area contributed by atoms with E-state index in [1.807, 2.05) is 44.2 Å². The number of carbonyl (C=O) groups is 3. The Morgan fingerprint density at radius 2 is 1.61 bits per heavy atom. The summed E-state index contributed by atoms with van der Waals surface area (Å²) in [5.74, 6) is -0.481. The third-order valence-electron chi connectivity index (χ3n) is 7.98. The number of phenols is 1. The molecule has 2 aliphatic heterocycles. The van der Waals surface area contributed by atoms with Gasteiger partial charge in [-0.15, -0.1) is 0 Å². The molecule has 2 aromatic rings. The van der Waals surface area contributed by atoms with Crippen molar-refractivity contribution in [2.75, 3.05) is 0 Å². The zero-order chi connectivity index (χ0) is 26.3. The molecule has 0 fully saturated rings. The van der Waals surface area contributed by atoms with Crippen LogP contribution in [0.25, 0.3) is 0 Å². The third-order valence-corrected chi connectivity index (χ3v) is 7.98. The smallest absolute Gasteiger partial charge is 0.175 e. The van der Waals surface area contributed by atoms with Gasteiger partial charge in [-0.2, -0.15) is 0 Å². The highest BCUT2D eigenvalue weighted by atomic mass is 16.5. The molecule has 36 heavy (non-hydrogen) atoms. The van der Waals surface area contributed by atoms with E-state index in [2.05, 4.69) is 0 Å². The molecule has 0 saturated heterocycles. The largest absolute Gasteiger partial charge is 0.507 e. The molecular weight excluding hydrogens is 456 g/mol. The van der Waals surface area contributed by atoms with E-state index in [9.17, 15) is 19.5 Å². The van der Waals surface area contributed by atoms with Crippen molar-refractivity contribution in [2.45, 2.75) is 66.9 Å². The maximum atomic E-state index is 13.9. The number of aromatic hydroxyl groups is 1. The van der Waals surface area contributed by atoms with Crippen LogP contribution in [0, 0.1) is 23.7 Å². The lowest BCUT2D eigenvalue weighted by Gasteiger charge is -2.46. The normalized spacial score (nSPS) is 24.1. The van der Waals surface area contributed by atoms with E-state index in [1.54, 1.807) is 34.6 Å². The van der Waals surface area contributed by atoms with Crippen molar-refractivity contribution < 1.29 is 29.0 Å². The van der Waals surface area contributed by atoms with Crippen molar-refractivity contribution in [3.63, 3.8) is 0 Å². The Bertz CT molecular complexity index is 1360. The van der Waals surface area contributed by atoms with Crippen LogP contribution >= 0.6 is 0 Å². The van der Waals surface area contributed by atoms with Crippen LogP contribution in [-0.2, 0) is 9.59 Å². The van der Waals surface area contributed by atoms with Crippen LogP contribution in [-0.4, -0.2) is 22.5 Å². The van der Waals surface area contributed by atoms with Crippen LogP contribution in [0.5, 0.6) is 17.2 Å². The molecule has 0 amide bonds. The summed E-state index contributed by atoms with van der Waals surface area (Å²) in [5, 5.41) is 11.1. The molecule has 0 saturated carbocycles. The molecule has 5 rings (SSSR count). The zero-order valence-corrected chi connectivity index (χ0v) is 21.8. The molecule has 0 bridgehead atoms. The standard InChI is InChI=1S/C30H32O6/c1-14(2)19-21-24(36-27-22(19)26(33)29(4,5)28(34)30(27,6)7)15(3)23(32)20-17(31)13-18(35-25(20)21)16-11-9-8-10-12-16/h8-12,14,18-19,32H,13H2,1-7H3/t18-,19-/m0/s1. The van der Waals surface area contributed by atoms with Gasteiger partial charge in [0.25, 0.3) is 0 Å². The molecule has 6 heteroatoms. The SMILES string of the molecule is Cc1c(O)c2c(c3c1OC1=C(C(=O)C(C)(C)C(=O)C1(C)C)[C@H]3C(C)C)O[C@H](c1ccccc1)CC2=O. The summed E-state index contributed by atoms with van der Waals surface area (Å²) in [6.07, 6.45) is -0.436. The van der Waals surface area contributed by atoms with E-state index in [0.717, 1.165) is 5.56 Å². The minimum absolute atomic E-state index is 0.0785. The molecule has 0 spiro atoms. The molecule has 1 N–H and O–H groups in total. The molecule has 188 valence electrons. The summed E-state index contributed by atoms with van der Waals surface area (Å²) in [7, 11) is 0. The topological polar surface area (TPSA) is 89.9 Å². The van der Waals surface area contributed by atoms with E-state index in [-0.39, 0.29) is 46.8 Å². The van der Waals surface area contributed by atoms with Crippen LogP contribution in [0.1, 0.15) is 87.0 Å². The number of hydrogen-bond acceptors (Lipinski definition) is 6. The fourth-order valence-corrected chi connectivity index (χ4v) is 6.09.